The van der Waals surface area contributed by atoms with Gasteiger partial charge in [-0.2, -0.15) is 4.98 Å². The third-order valence-electron chi connectivity index (χ3n) is 4.38. The van der Waals surface area contributed by atoms with Gasteiger partial charge in [0.1, 0.15) is 5.75 Å². The Labute approximate surface area is 172 Å². The first-order chi connectivity index (χ1) is 14.2. The molecule has 0 unspecified atom stereocenters. The monoisotopic (exact) mass is 405 g/mol. The highest BCUT2D eigenvalue weighted by Crippen LogP contribution is 2.26. The summed E-state index contributed by atoms with van der Waals surface area (Å²) in [5.41, 5.74) is 2.65. The molecule has 0 atom stereocenters. The Morgan fingerprint density at radius 3 is 2.59 bits per heavy atom. The van der Waals surface area contributed by atoms with Crippen molar-refractivity contribution in [1.82, 2.24) is 10.1 Å². The number of ether oxygens (including phenoxy) is 1. The van der Waals surface area contributed by atoms with Gasteiger partial charge in [-0.15, -0.1) is 11.3 Å². The molecule has 1 amide bonds. The van der Waals surface area contributed by atoms with Crippen molar-refractivity contribution in [2.24, 2.45) is 0 Å². The van der Waals surface area contributed by atoms with Crippen molar-refractivity contribution in [2.75, 3.05) is 12.4 Å². The number of methoxy groups -OCH3 is 1. The minimum Gasteiger partial charge on any atom is -0.497 e. The summed E-state index contributed by atoms with van der Waals surface area (Å²) < 4.78 is 10.5. The first-order valence-corrected chi connectivity index (χ1v) is 10.00. The second kappa shape index (κ2) is 8.70. The maximum Gasteiger partial charge on any atom is 0.268 e. The fourth-order valence-electron chi connectivity index (χ4n) is 2.82. The fourth-order valence-corrected chi connectivity index (χ4v) is 3.46. The molecule has 1 N–H and O–H groups in total. The van der Waals surface area contributed by atoms with Gasteiger partial charge in [0.2, 0.25) is 11.7 Å². The molecule has 0 fully saturated rings. The molecule has 0 aliphatic carbocycles. The Balaban J connectivity index is 1.33. The van der Waals surface area contributed by atoms with Crippen molar-refractivity contribution in [3.63, 3.8) is 0 Å². The molecule has 2 aromatic carbocycles. The average molecular weight is 405 g/mol. The van der Waals surface area contributed by atoms with Crippen LogP contribution in [0.5, 0.6) is 5.75 Å². The molecule has 0 aliphatic heterocycles. The lowest BCUT2D eigenvalue weighted by atomic mass is 10.1. The quantitative estimate of drug-likeness (QED) is 0.466. The Hall–Kier alpha value is -3.45. The molecule has 146 valence electrons. The van der Waals surface area contributed by atoms with E-state index in [1.54, 1.807) is 18.4 Å². The molecule has 2 aromatic heterocycles. The zero-order valence-corrected chi connectivity index (χ0v) is 16.6. The molecular weight excluding hydrogens is 386 g/mol. The third-order valence-corrected chi connectivity index (χ3v) is 5.24. The van der Waals surface area contributed by atoms with Gasteiger partial charge in [-0.25, -0.2) is 0 Å². The van der Waals surface area contributed by atoms with E-state index >= 15 is 0 Å². The maximum atomic E-state index is 12.2. The smallest absolute Gasteiger partial charge is 0.268 e. The second-order valence-electron chi connectivity index (χ2n) is 6.37. The SMILES string of the molecule is COc1ccc(CCC(=O)Nc2ccc(-c3noc(-c4cccs4)n3)cc2)cc1. The number of amides is 1. The summed E-state index contributed by atoms with van der Waals surface area (Å²) >= 11 is 1.55. The molecular formula is C22H19N3O3S. The molecule has 0 saturated carbocycles. The van der Waals surface area contributed by atoms with Crippen LogP contribution in [-0.4, -0.2) is 23.2 Å². The van der Waals surface area contributed by atoms with Crippen LogP contribution in [0.3, 0.4) is 0 Å². The predicted octanol–water partition coefficient (Wildman–Crippen LogP) is 5.05. The number of anilines is 1. The number of carbonyl (C=O) groups excluding carboxylic acids is 1. The van der Waals surface area contributed by atoms with Crippen molar-refractivity contribution in [3.05, 3.63) is 71.6 Å². The Kier molecular flexibility index (Phi) is 5.67. The van der Waals surface area contributed by atoms with E-state index in [0.717, 1.165) is 27.4 Å². The van der Waals surface area contributed by atoms with E-state index in [9.17, 15) is 4.79 Å². The van der Waals surface area contributed by atoms with E-state index in [4.69, 9.17) is 9.26 Å². The first-order valence-electron chi connectivity index (χ1n) is 9.12. The van der Waals surface area contributed by atoms with E-state index < -0.39 is 0 Å². The minimum absolute atomic E-state index is 0.0342. The molecule has 0 spiro atoms. The Bertz CT molecular complexity index is 1070. The van der Waals surface area contributed by atoms with Crippen LogP contribution in [0.2, 0.25) is 0 Å². The minimum atomic E-state index is -0.0342. The van der Waals surface area contributed by atoms with Crippen LogP contribution < -0.4 is 10.1 Å². The highest BCUT2D eigenvalue weighted by Gasteiger charge is 2.11. The van der Waals surface area contributed by atoms with Gasteiger partial charge in [-0.1, -0.05) is 23.4 Å². The Morgan fingerprint density at radius 1 is 1.10 bits per heavy atom. The highest BCUT2D eigenvalue weighted by atomic mass is 32.1. The van der Waals surface area contributed by atoms with Gasteiger partial charge in [0.05, 0.1) is 12.0 Å². The number of nitrogens with zero attached hydrogens (tertiary/aromatic N) is 2. The van der Waals surface area contributed by atoms with E-state index in [-0.39, 0.29) is 5.91 Å². The van der Waals surface area contributed by atoms with Crippen LogP contribution in [-0.2, 0) is 11.2 Å². The van der Waals surface area contributed by atoms with E-state index in [1.165, 1.54) is 0 Å². The lowest BCUT2D eigenvalue weighted by Gasteiger charge is -2.06. The molecule has 0 saturated heterocycles. The van der Waals surface area contributed by atoms with Crippen LogP contribution in [0.25, 0.3) is 22.2 Å². The summed E-state index contributed by atoms with van der Waals surface area (Å²) in [5, 5.41) is 8.91. The molecule has 2 heterocycles. The highest BCUT2D eigenvalue weighted by molar-refractivity contribution is 7.13. The van der Waals surface area contributed by atoms with Crippen LogP contribution in [0.15, 0.2) is 70.6 Å². The zero-order valence-electron chi connectivity index (χ0n) is 15.8. The number of carbonyl (C=O) groups is 1. The van der Waals surface area contributed by atoms with Crippen LogP contribution >= 0.6 is 11.3 Å². The third kappa shape index (κ3) is 4.70. The molecule has 0 aliphatic rings. The largest absolute Gasteiger partial charge is 0.497 e. The number of aryl methyl sites for hydroxylation is 1. The van der Waals surface area contributed by atoms with Gasteiger partial charge < -0.3 is 14.6 Å². The van der Waals surface area contributed by atoms with Gasteiger partial charge >= 0.3 is 0 Å². The molecule has 0 bridgehead atoms. The zero-order chi connectivity index (χ0) is 20.1. The van der Waals surface area contributed by atoms with Gasteiger partial charge in [0.25, 0.3) is 5.89 Å². The van der Waals surface area contributed by atoms with Crippen molar-refractivity contribution in [1.29, 1.82) is 0 Å². The van der Waals surface area contributed by atoms with E-state index in [1.807, 2.05) is 66.0 Å². The topological polar surface area (TPSA) is 77.2 Å². The lowest BCUT2D eigenvalue weighted by molar-refractivity contribution is -0.116. The van der Waals surface area contributed by atoms with Crippen molar-refractivity contribution in [3.8, 4) is 27.9 Å². The summed E-state index contributed by atoms with van der Waals surface area (Å²) in [6.07, 6.45) is 1.07. The predicted molar refractivity (Wildman–Crippen MR) is 113 cm³/mol. The van der Waals surface area contributed by atoms with Crippen LogP contribution in [0.4, 0.5) is 5.69 Å². The molecule has 4 aromatic rings. The number of nitrogens with one attached hydrogen (secondary N) is 1. The number of benzene rings is 2. The molecule has 7 heteroatoms. The number of hydrogen-bond donors (Lipinski definition) is 1. The van der Waals surface area contributed by atoms with Crippen LogP contribution in [0, 0.1) is 0 Å². The van der Waals surface area contributed by atoms with Gasteiger partial charge in [-0.3, -0.25) is 4.79 Å². The molecule has 0 radical (unpaired) electrons. The van der Waals surface area contributed by atoms with Crippen molar-refractivity contribution < 1.29 is 14.1 Å². The standard InChI is InChI=1S/C22H19N3O3S/c1-27-18-11-4-15(5-12-18)6-13-20(26)23-17-9-7-16(8-10-17)21-24-22(28-25-21)19-3-2-14-29-19/h2-5,7-12,14H,6,13H2,1H3,(H,23,26). The number of rotatable bonds is 7. The molecule has 4 rings (SSSR count). The van der Waals surface area contributed by atoms with Gasteiger partial charge in [0.15, 0.2) is 0 Å². The van der Waals surface area contributed by atoms with Gasteiger partial charge in [0, 0.05) is 17.7 Å². The summed E-state index contributed by atoms with van der Waals surface area (Å²) in [7, 11) is 1.63. The lowest BCUT2D eigenvalue weighted by Crippen LogP contribution is -2.12. The number of aromatic nitrogens is 2. The van der Waals surface area contributed by atoms with E-state index in [0.29, 0.717) is 24.6 Å². The average Bonchev–Trinajstić information content (AvgIpc) is 3.45. The number of thiophene rings is 1. The fraction of sp³-hybridized carbons (Fsp3) is 0.136. The van der Waals surface area contributed by atoms with Crippen molar-refractivity contribution in [2.45, 2.75) is 12.8 Å². The Morgan fingerprint density at radius 2 is 1.90 bits per heavy atom. The maximum absolute atomic E-state index is 12.2. The number of hydrogen-bond acceptors (Lipinski definition) is 6. The first kappa shape index (κ1) is 18.9. The van der Waals surface area contributed by atoms with Gasteiger partial charge in [-0.05, 0) is 59.8 Å². The van der Waals surface area contributed by atoms with Crippen molar-refractivity contribution >= 4 is 22.9 Å². The normalized spacial score (nSPS) is 10.7. The summed E-state index contributed by atoms with van der Waals surface area (Å²) in [6.45, 7) is 0. The van der Waals surface area contributed by atoms with E-state index in [2.05, 4.69) is 15.5 Å². The molecule has 29 heavy (non-hydrogen) atoms. The second-order valence-corrected chi connectivity index (χ2v) is 7.32. The van der Waals surface area contributed by atoms with Crippen LogP contribution in [0.1, 0.15) is 12.0 Å². The summed E-state index contributed by atoms with van der Waals surface area (Å²) in [5.74, 6) is 1.80. The molecule has 6 nitrogen and oxygen atoms in total. The summed E-state index contributed by atoms with van der Waals surface area (Å²) in [6, 6.07) is 19.0. The summed E-state index contributed by atoms with van der Waals surface area (Å²) in [4.78, 5) is 17.6.